The Morgan fingerprint density at radius 2 is 1.89 bits per heavy atom. The van der Waals surface area contributed by atoms with Crippen LogP contribution in [0.25, 0.3) is 5.69 Å². The summed E-state index contributed by atoms with van der Waals surface area (Å²) in [6, 6.07) is 19.4. The number of hydrogen-bond donors (Lipinski definition) is 3. The van der Waals surface area contributed by atoms with Crippen LogP contribution in [-0.4, -0.2) is 50.7 Å². The van der Waals surface area contributed by atoms with Gasteiger partial charge in [-0.05, 0) is 55.0 Å². The first-order valence-electron chi connectivity index (χ1n) is 12.0. The number of aryl methyl sites for hydroxylation is 1. The van der Waals surface area contributed by atoms with Crippen LogP contribution in [0.5, 0.6) is 5.75 Å². The first-order chi connectivity index (χ1) is 18.3. The average molecular weight is 530 g/mol. The summed E-state index contributed by atoms with van der Waals surface area (Å²) in [7, 11) is 0.138. The molecule has 1 aromatic heterocycles. The zero-order valence-electron chi connectivity index (χ0n) is 20.8. The Morgan fingerprint density at radius 1 is 1.11 bits per heavy atom. The van der Waals surface area contributed by atoms with Crippen LogP contribution in [-0.2, 0) is 11.1 Å². The van der Waals surface area contributed by atoms with Crippen molar-refractivity contribution < 1.29 is 19.6 Å². The van der Waals surface area contributed by atoms with Crippen molar-refractivity contribution in [1.29, 1.82) is 0 Å². The minimum absolute atomic E-state index is 0.00714. The number of carbonyl (C=O) groups excluding carboxylic acids is 1. The normalized spacial score (nSPS) is 14.1. The molecular weight excluding hydrogens is 505 g/mol. The quantitative estimate of drug-likeness (QED) is 0.314. The number of amides is 1. The van der Waals surface area contributed by atoms with Crippen LogP contribution in [0.4, 0.5) is 5.69 Å². The maximum absolute atomic E-state index is 13.2. The lowest BCUT2D eigenvalue weighted by molar-refractivity contribution is -0.116. The van der Waals surface area contributed by atoms with Crippen LogP contribution in [0.3, 0.4) is 0 Å². The van der Waals surface area contributed by atoms with Crippen molar-refractivity contribution in [3.05, 3.63) is 100 Å². The molecular formula is C27H25BClN5O4. The van der Waals surface area contributed by atoms with E-state index < -0.39 is 13.2 Å². The number of nitrogens with zero attached hydrogens (tertiary/aromatic N) is 4. The van der Waals surface area contributed by atoms with E-state index in [9.17, 15) is 14.8 Å². The molecule has 0 saturated carbocycles. The number of aliphatic imine (C=N–C) groups is 1. The Labute approximate surface area is 224 Å². The second-order valence-corrected chi connectivity index (χ2v) is 9.40. The fraction of sp³-hybridized carbons (Fsp3) is 0.185. The van der Waals surface area contributed by atoms with Gasteiger partial charge in [-0.2, -0.15) is 0 Å². The minimum Gasteiger partial charge on any atom is -0.497 e. The molecule has 192 valence electrons. The number of hydrogen-bond acceptors (Lipinski definition) is 7. The number of methoxy groups -OCH3 is 1. The fourth-order valence-electron chi connectivity index (χ4n) is 4.55. The Hall–Kier alpha value is -3.99. The lowest BCUT2D eigenvalue weighted by Crippen LogP contribution is -2.18. The second kappa shape index (κ2) is 10.8. The summed E-state index contributed by atoms with van der Waals surface area (Å²) in [5.74, 6) is 1.61. The van der Waals surface area contributed by atoms with E-state index in [0.29, 0.717) is 39.4 Å². The third-order valence-electron chi connectivity index (χ3n) is 6.26. The van der Waals surface area contributed by atoms with E-state index in [1.54, 1.807) is 43.5 Å². The monoisotopic (exact) mass is 529 g/mol. The summed E-state index contributed by atoms with van der Waals surface area (Å²) in [6.07, 6.45) is 0.0678. The topological polar surface area (TPSA) is 122 Å². The highest BCUT2D eigenvalue weighted by molar-refractivity contribution is 6.40. The van der Waals surface area contributed by atoms with Gasteiger partial charge in [0, 0.05) is 28.2 Å². The van der Waals surface area contributed by atoms with E-state index in [0.717, 1.165) is 16.8 Å². The third-order valence-corrected chi connectivity index (χ3v) is 6.51. The number of aromatic nitrogens is 3. The molecule has 3 N–H and O–H groups in total. The second-order valence-electron chi connectivity index (χ2n) is 8.96. The summed E-state index contributed by atoms with van der Waals surface area (Å²) in [6.45, 7) is 1.86. The van der Waals surface area contributed by atoms with Crippen molar-refractivity contribution in [2.24, 2.45) is 4.99 Å². The van der Waals surface area contributed by atoms with Crippen molar-refractivity contribution in [2.45, 2.75) is 25.7 Å². The molecule has 0 radical (unpaired) electrons. The highest BCUT2D eigenvalue weighted by Crippen LogP contribution is 2.34. The molecule has 1 aliphatic heterocycles. The molecule has 1 aliphatic rings. The van der Waals surface area contributed by atoms with Crippen LogP contribution in [0.1, 0.15) is 40.8 Å². The maximum atomic E-state index is 13.2. The number of anilines is 1. The van der Waals surface area contributed by atoms with Crippen LogP contribution in [0.15, 0.2) is 71.7 Å². The van der Waals surface area contributed by atoms with Crippen LogP contribution < -0.4 is 10.1 Å². The molecule has 5 rings (SSSR count). The summed E-state index contributed by atoms with van der Waals surface area (Å²) in [5.41, 5.74) is 4.40. The SMILES string of the molecule is COc1ccc2c(c1)C(c1ccc(Cl)cc1)=N[C@@H](CC(=O)Nc1cccc(CB(O)O)c1)c1nnc(C)n1-2. The molecule has 3 aromatic carbocycles. The Balaban J connectivity index is 1.55. The summed E-state index contributed by atoms with van der Waals surface area (Å²) in [5, 5.41) is 30.8. The number of carbonyl (C=O) groups is 1. The van der Waals surface area contributed by atoms with Gasteiger partial charge in [-0.15, -0.1) is 10.2 Å². The molecule has 0 saturated heterocycles. The average Bonchev–Trinajstić information content (AvgIpc) is 3.21. The van der Waals surface area contributed by atoms with Crippen LogP contribution >= 0.6 is 11.6 Å². The summed E-state index contributed by atoms with van der Waals surface area (Å²) >= 11 is 6.16. The van der Waals surface area contributed by atoms with E-state index in [1.165, 1.54) is 0 Å². The van der Waals surface area contributed by atoms with Crippen molar-refractivity contribution in [3.8, 4) is 11.4 Å². The first kappa shape index (κ1) is 25.7. The van der Waals surface area contributed by atoms with Gasteiger partial charge in [0.2, 0.25) is 5.91 Å². The predicted molar refractivity (Wildman–Crippen MR) is 146 cm³/mol. The number of halogens is 1. The molecule has 0 aliphatic carbocycles. The minimum atomic E-state index is -1.47. The fourth-order valence-corrected chi connectivity index (χ4v) is 4.68. The molecule has 2 heterocycles. The molecule has 4 aromatic rings. The van der Waals surface area contributed by atoms with Gasteiger partial charge in [-0.25, -0.2) is 0 Å². The smallest absolute Gasteiger partial charge is 0.456 e. The van der Waals surface area contributed by atoms with Crippen molar-refractivity contribution in [1.82, 2.24) is 14.8 Å². The van der Waals surface area contributed by atoms with Crippen LogP contribution in [0, 0.1) is 6.92 Å². The molecule has 1 amide bonds. The lowest BCUT2D eigenvalue weighted by Gasteiger charge is -2.14. The van der Waals surface area contributed by atoms with Gasteiger partial charge < -0.3 is 20.1 Å². The van der Waals surface area contributed by atoms with Gasteiger partial charge in [0.15, 0.2) is 5.82 Å². The van der Waals surface area contributed by atoms with Gasteiger partial charge in [0.05, 0.1) is 24.9 Å². The third kappa shape index (κ3) is 5.33. The molecule has 0 bridgehead atoms. The summed E-state index contributed by atoms with van der Waals surface area (Å²) < 4.78 is 7.42. The van der Waals surface area contributed by atoms with Gasteiger partial charge in [0.25, 0.3) is 0 Å². The molecule has 0 spiro atoms. The first-order valence-corrected chi connectivity index (χ1v) is 12.4. The van der Waals surface area contributed by atoms with E-state index in [4.69, 9.17) is 21.3 Å². The number of fused-ring (bicyclic) bond motifs is 3. The summed E-state index contributed by atoms with van der Waals surface area (Å²) in [4.78, 5) is 18.3. The predicted octanol–water partition coefficient (Wildman–Crippen LogP) is 3.71. The number of nitrogens with one attached hydrogen (secondary N) is 1. The molecule has 38 heavy (non-hydrogen) atoms. The van der Waals surface area contributed by atoms with Gasteiger partial charge in [0.1, 0.15) is 17.6 Å². The van der Waals surface area contributed by atoms with E-state index in [2.05, 4.69) is 15.5 Å². The Morgan fingerprint density at radius 3 is 2.63 bits per heavy atom. The number of ether oxygens (including phenoxy) is 1. The highest BCUT2D eigenvalue weighted by atomic mass is 35.5. The zero-order valence-corrected chi connectivity index (χ0v) is 21.6. The van der Waals surface area contributed by atoms with Crippen LogP contribution in [0.2, 0.25) is 5.02 Å². The Kier molecular flexibility index (Phi) is 7.28. The van der Waals surface area contributed by atoms with Crippen molar-refractivity contribution in [3.63, 3.8) is 0 Å². The zero-order chi connectivity index (χ0) is 26.8. The molecule has 11 heteroatoms. The largest absolute Gasteiger partial charge is 0.497 e. The highest BCUT2D eigenvalue weighted by Gasteiger charge is 2.30. The van der Waals surface area contributed by atoms with Crippen molar-refractivity contribution in [2.75, 3.05) is 12.4 Å². The molecule has 0 fully saturated rings. The molecule has 1 atom stereocenters. The lowest BCUT2D eigenvalue weighted by atomic mass is 9.82. The molecule has 0 unspecified atom stereocenters. The van der Waals surface area contributed by atoms with Crippen molar-refractivity contribution >= 4 is 36.0 Å². The van der Waals surface area contributed by atoms with E-state index >= 15 is 0 Å². The van der Waals surface area contributed by atoms with Gasteiger partial charge in [-0.1, -0.05) is 35.9 Å². The standard InChI is InChI=1S/C27H25BClN5O4/c1-16-32-33-27-23(14-25(35)30-20-5-3-4-17(12-20)15-28(36)37)31-26(18-6-8-19(29)9-7-18)22-13-21(38-2)10-11-24(22)34(16)27/h3-13,23,36-37H,14-15H2,1-2H3,(H,30,35)/t23-/m0/s1. The number of benzene rings is 3. The van der Waals surface area contributed by atoms with Gasteiger partial charge in [-0.3, -0.25) is 14.4 Å². The number of rotatable bonds is 7. The van der Waals surface area contributed by atoms with E-state index in [-0.39, 0.29) is 18.6 Å². The Bertz CT molecular complexity index is 1520. The van der Waals surface area contributed by atoms with Gasteiger partial charge >= 0.3 is 7.12 Å². The molecule has 9 nitrogen and oxygen atoms in total. The van der Waals surface area contributed by atoms with E-state index in [1.807, 2.05) is 41.8 Å². The maximum Gasteiger partial charge on any atom is 0.456 e.